The number of hydrogen-bond donors (Lipinski definition) is 1. The largest absolute Gasteiger partial charge is 0.497 e. The Balaban J connectivity index is 1.87. The average molecular weight is 285 g/mol. The van der Waals surface area contributed by atoms with E-state index in [4.69, 9.17) is 4.74 Å². The fourth-order valence-electron chi connectivity index (χ4n) is 2.60. The molecule has 110 valence electrons. The van der Waals surface area contributed by atoms with Gasteiger partial charge in [0.1, 0.15) is 5.75 Å². The van der Waals surface area contributed by atoms with Crippen molar-refractivity contribution < 1.29 is 4.74 Å². The molecule has 21 heavy (non-hydrogen) atoms. The van der Waals surface area contributed by atoms with Crippen LogP contribution in [-0.2, 0) is 19.5 Å². The molecular weight excluding hydrogens is 266 g/mol. The van der Waals surface area contributed by atoms with Gasteiger partial charge in [0.05, 0.1) is 31.2 Å². The van der Waals surface area contributed by atoms with E-state index in [1.165, 1.54) is 0 Å². The second-order valence-electron chi connectivity index (χ2n) is 5.44. The van der Waals surface area contributed by atoms with Gasteiger partial charge in [0.2, 0.25) is 0 Å². The molecule has 1 N–H and O–H groups in total. The van der Waals surface area contributed by atoms with Crippen molar-refractivity contribution in [1.82, 2.24) is 14.9 Å². The standard InChI is InChI=1S/C16H19N3O2/c1-11-7-15-14(8-17-11)16(20)19(10-18-15)9-12-3-5-13(21-2)6-4-12/h3-6,10-11,17H,7-9H2,1-2H3/t11-/m1/s1. The van der Waals surface area contributed by atoms with Crippen molar-refractivity contribution in [2.75, 3.05) is 7.11 Å². The van der Waals surface area contributed by atoms with E-state index in [2.05, 4.69) is 17.2 Å². The summed E-state index contributed by atoms with van der Waals surface area (Å²) in [5, 5.41) is 3.32. The highest BCUT2D eigenvalue weighted by atomic mass is 16.5. The summed E-state index contributed by atoms with van der Waals surface area (Å²) >= 11 is 0. The van der Waals surface area contributed by atoms with Crippen molar-refractivity contribution in [1.29, 1.82) is 0 Å². The van der Waals surface area contributed by atoms with Crippen molar-refractivity contribution in [2.24, 2.45) is 0 Å². The lowest BCUT2D eigenvalue weighted by atomic mass is 10.0. The van der Waals surface area contributed by atoms with Crippen molar-refractivity contribution >= 4 is 0 Å². The van der Waals surface area contributed by atoms with Gasteiger partial charge in [0.15, 0.2) is 0 Å². The topological polar surface area (TPSA) is 56.2 Å². The number of fused-ring (bicyclic) bond motifs is 1. The molecule has 5 nitrogen and oxygen atoms in total. The van der Waals surface area contributed by atoms with Crippen LogP contribution in [0.1, 0.15) is 23.7 Å². The van der Waals surface area contributed by atoms with Gasteiger partial charge in [-0.3, -0.25) is 9.36 Å². The number of nitrogens with zero attached hydrogens (tertiary/aromatic N) is 2. The van der Waals surface area contributed by atoms with Crippen LogP contribution >= 0.6 is 0 Å². The maximum absolute atomic E-state index is 12.5. The molecule has 0 spiro atoms. The minimum absolute atomic E-state index is 0.0511. The van der Waals surface area contributed by atoms with Gasteiger partial charge >= 0.3 is 0 Å². The van der Waals surface area contributed by atoms with Gasteiger partial charge in [-0.25, -0.2) is 4.98 Å². The second kappa shape index (κ2) is 5.69. The quantitative estimate of drug-likeness (QED) is 0.924. The zero-order valence-corrected chi connectivity index (χ0v) is 12.3. The van der Waals surface area contributed by atoms with E-state index < -0.39 is 0 Å². The second-order valence-corrected chi connectivity index (χ2v) is 5.44. The summed E-state index contributed by atoms with van der Waals surface area (Å²) in [6.45, 7) is 3.23. The molecule has 1 aromatic heterocycles. The van der Waals surface area contributed by atoms with Crippen LogP contribution in [-0.4, -0.2) is 22.7 Å². The molecule has 0 saturated carbocycles. The van der Waals surface area contributed by atoms with E-state index in [0.29, 0.717) is 19.1 Å². The Kier molecular flexibility index (Phi) is 3.75. The third-order valence-electron chi connectivity index (χ3n) is 3.86. The first-order valence-corrected chi connectivity index (χ1v) is 7.11. The number of hydrogen-bond acceptors (Lipinski definition) is 4. The van der Waals surface area contributed by atoms with E-state index in [1.807, 2.05) is 24.3 Å². The Hall–Kier alpha value is -2.14. The van der Waals surface area contributed by atoms with E-state index in [-0.39, 0.29) is 5.56 Å². The Morgan fingerprint density at radius 1 is 1.38 bits per heavy atom. The molecule has 1 aliphatic rings. The monoisotopic (exact) mass is 285 g/mol. The molecule has 1 aromatic carbocycles. The fraction of sp³-hybridized carbons (Fsp3) is 0.375. The number of ether oxygens (including phenoxy) is 1. The molecule has 0 radical (unpaired) electrons. The molecule has 0 bridgehead atoms. The van der Waals surface area contributed by atoms with E-state index in [9.17, 15) is 4.79 Å². The molecule has 0 fully saturated rings. The fourth-order valence-corrected chi connectivity index (χ4v) is 2.60. The molecule has 1 aliphatic heterocycles. The van der Waals surface area contributed by atoms with Gasteiger partial charge in [0, 0.05) is 19.0 Å². The smallest absolute Gasteiger partial charge is 0.258 e. The van der Waals surface area contributed by atoms with Crippen molar-refractivity contribution in [2.45, 2.75) is 32.5 Å². The van der Waals surface area contributed by atoms with Crippen LogP contribution in [0.5, 0.6) is 5.75 Å². The summed E-state index contributed by atoms with van der Waals surface area (Å²) < 4.78 is 6.80. The lowest BCUT2D eigenvalue weighted by Crippen LogP contribution is -2.39. The molecule has 2 aromatic rings. The zero-order valence-electron chi connectivity index (χ0n) is 12.3. The highest BCUT2D eigenvalue weighted by Crippen LogP contribution is 2.13. The summed E-state index contributed by atoms with van der Waals surface area (Å²) in [4.78, 5) is 17.0. The predicted octanol–water partition coefficient (Wildman–Crippen LogP) is 1.33. The molecule has 0 unspecified atom stereocenters. The molecule has 2 heterocycles. The maximum Gasteiger partial charge on any atom is 0.258 e. The Labute approximate surface area is 123 Å². The number of benzene rings is 1. The van der Waals surface area contributed by atoms with Gasteiger partial charge in [-0.2, -0.15) is 0 Å². The van der Waals surface area contributed by atoms with Crippen LogP contribution in [0.4, 0.5) is 0 Å². The van der Waals surface area contributed by atoms with Crippen LogP contribution in [0, 0.1) is 0 Å². The highest BCUT2D eigenvalue weighted by Gasteiger charge is 2.19. The third kappa shape index (κ3) is 2.83. The van der Waals surface area contributed by atoms with Crippen molar-refractivity contribution in [3.05, 3.63) is 57.8 Å². The Morgan fingerprint density at radius 3 is 2.86 bits per heavy atom. The number of rotatable bonds is 3. The minimum atomic E-state index is 0.0511. The predicted molar refractivity (Wildman–Crippen MR) is 80.6 cm³/mol. The molecule has 1 atom stereocenters. The van der Waals surface area contributed by atoms with Gasteiger partial charge in [0.25, 0.3) is 5.56 Å². The van der Waals surface area contributed by atoms with E-state index in [0.717, 1.165) is 29.0 Å². The number of nitrogens with one attached hydrogen (secondary N) is 1. The first kappa shape index (κ1) is 13.8. The lowest BCUT2D eigenvalue weighted by molar-refractivity contribution is 0.414. The summed E-state index contributed by atoms with van der Waals surface area (Å²) in [5.74, 6) is 0.813. The van der Waals surface area contributed by atoms with Crippen LogP contribution in [0.2, 0.25) is 0 Å². The van der Waals surface area contributed by atoms with Gasteiger partial charge in [-0.05, 0) is 24.6 Å². The summed E-state index contributed by atoms with van der Waals surface area (Å²) in [6, 6.07) is 8.10. The summed E-state index contributed by atoms with van der Waals surface area (Å²) in [5.41, 5.74) is 2.83. The zero-order chi connectivity index (χ0) is 14.8. The molecule has 0 amide bonds. The molecule has 3 rings (SSSR count). The lowest BCUT2D eigenvalue weighted by Gasteiger charge is -2.22. The average Bonchev–Trinajstić information content (AvgIpc) is 2.51. The first-order chi connectivity index (χ1) is 10.2. The molecule has 5 heteroatoms. The Morgan fingerprint density at radius 2 is 2.14 bits per heavy atom. The van der Waals surface area contributed by atoms with Crippen LogP contribution in [0.25, 0.3) is 0 Å². The Bertz CT molecular complexity index is 692. The van der Waals surface area contributed by atoms with Gasteiger partial charge in [-0.1, -0.05) is 12.1 Å². The highest BCUT2D eigenvalue weighted by molar-refractivity contribution is 5.28. The molecule has 0 aliphatic carbocycles. The van der Waals surface area contributed by atoms with Crippen LogP contribution < -0.4 is 15.6 Å². The normalized spacial score (nSPS) is 17.3. The molecule has 0 saturated heterocycles. The first-order valence-electron chi connectivity index (χ1n) is 7.11. The summed E-state index contributed by atoms with van der Waals surface area (Å²) in [6.07, 6.45) is 2.47. The SMILES string of the molecule is COc1ccc(Cn2cnc3c(c2=O)CN[C@H](C)C3)cc1. The van der Waals surface area contributed by atoms with Crippen molar-refractivity contribution in [3.63, 3.8) is 0 Å². The van der Waals surface area contributed by atoms with Gasteiger partial charge < -0.3 is 10.1 Å². The van der Waals surface area contributed by atoms with Crippen LogP contribution in [0.3, 0.4) is 0 Å². The van der Waals surface area contributed by atoms with Crippen molar-refractivity contribution in [3.8, 4) is 5.75 Å². The number of methoxy groups -OCH3 is 1. The van der Waals surface area contributed by atoms with Crippen LogP contribution in [0.15, 0.2) is 35.4 Å². The van der Waals surface area contributed by atoms with E-state index >= 15 is 0 Å². The maximum atomic E-state index is 12.5. The van der Waals surface area contributed by atoms with E-state index in [1.54, 1.807) is 18.0 Å². The number of aromatic nitrogens is 2. The third-order valence-corrected chi connectivity index (χ3v) is 3.86. The summed E-state index contributed by atoms with van der Waals surface area (Å²) in [7, 11) is 1.64. The molecular formula is C16H19N3O2. The minimum Gasteiger partial charge on any atom is -0.497 e. The van der Waals surface area contributed by atoms with Gasteiger partial charge in [-0.15, -0.1) is 0 Å².